The van der Waals surface area contributed by atoms with Crippen LogP contribution in [0, 0.1) is 0 Å². The molecule has 2 aromatic rings. The third kappa shape index (κ3) is 5.88. The van der Waals surface area contributed by atoms with Crippen LogP contribution < -0.4 is 25.4 Å². The smallest absolute Gasteiger partial charge is 0.319 e. The van der Waals surface area contributed by atoms with Crippen molar-refractivity contribution in [2.75, 3.05) is 18.5 Å². The first-order valence-corrected chi connectivity index (χ1v) is 9.87. The van der Waals surface area contributed by atoms with Crippen molar-refractivity contribution in [1.29, 1.82) is 0 Å². The fourth-order valence-corrected chi connectivity index (χ4v) is 3.18. The number of para-hydroxylation sites is 1. The summed E-state index contributed by atoms with van der Waals surface area (Å²) in [5.41, 5.74) is 2.71. The van der Waals surface area contributed by atoms with E-state index in [4.69, 9.17) is 9.47 Å². The number of anilines is 1. The molecule has 1 unspecified atom stereocenters. The molecule has 3 rings (SSSR count). The Balaban J connectivity index is 1.45. The van der Waals surface area contributed by atoms with E-state index in [0.717, 1.165) is 29.0 Å². The Hall–Kier alpha value is -3.22. The number of hydrogen-bond donors (Lipinski definition) is 3. The minimum Gasteiger partial charge on any atom is -0.494 e. The predicted molar refractivity (Wildman–Crippen MR) is 111 cm³/mol. The number of benzene rings is 2. The molecule has 3 N–H and O–H groups in total. The minimum atomic E-state index is -0.340. The van der Waals surface area contributed by atoms with E-state index in [9.17, 15) is 9.59 Å². The van der Waals surface area contributed by atoms with E-state index >= 15 is 0 Å². The topological polar surface area (TPSA) is 88.7 Å². The highest BCUT2D eigenvalue weighted by Crippen LogP contribution is 2.35. The van der Waals surface area contributed by atoms with Gasteiger partial charge in [-0.05, 0) is 38.1 Å². The van der Waals surface area contributed by atoms with Crippen LogP contribution in [0.1, 0.15) is 31.4 Å². The van der Waals surface area contributed by atoms with Crippen molar-refractivity contribution in [1.82, 2.24) is 10.6 Å². The Morgan fingerprint density at radius 1 is 1.17 bits per heavy atom. The van der Waals surface area contributed by atoms with Gasteiger partial charge in [0.25, 0.3) is 0 Å². The summed E-state index contributed by atoms with van der Waals surface area (Å²) in [5, 5.41) is 8.26. The van der Waals surface area contributed by atoms with Crippen molar-refractivity contribution in [3.05, 3.63) is 53.6 Å². The average molecular weight is 397 g/mol. The van der Waals surface area contributed by atoms with Crippen molar-refractivity contribution in [3.63, 3.8) is 0 Å². The van der Waals surface area contributed by atoms with E-state index in [2.05, 4.69) is 16.0 Å². The van der Waals surface area contributed by atoms with Gasteiger partial charge in [0.2, 0.25) is 5.91 Å². The minimum absolute atomic E-state index is 0.150. The molecule has 0 aliphatic carbocycles. The fraction of sp³-hybridized carbons (Fsp3) is 0.364. The van der Waals surface area contributed by atoms with Gasteiger partial charge in [-0.3, -0.25) is 4.79 Å². The van der Waals surface area contributed by atoms with E-state index in [1.54, 1.807) is 12.1 Å². The first kappa shape index (κ1) is 20.5. The summed E-state index contributed by atoms with van der Waals surface area (Å²) in [7, 11) is 0. The zero-order valence-electron chi connectivity index (χ0n) is 16.8. The van der Waals surface area contributed by atoms with Crippen molar-refractivity contribution in [2.45, 2.75) is 39.3 Å². The van der Waals surface area contributed by atoms with Crippen molar-refractivity contribution in [3.8, 4) is 11.5 Å². The number of hydrogen-bond acceptors (Lipinski definition) is 4. The number of rotatable bonds is 8. The second-order valence-electron chi connectivity index (χ2n) is 6.91. The summed E-state index contributed by atoms with van der Waals surface area (Å²) >= 11 is 0. The monoisotopic (exact) mass is 397 g/mol. The van der Waals surface area contributed by atoms with Crippen LogP contribution in [0.5, 0.6) is 11.5 Å². The molecule has 29 heavy (non-hydrogen) atoms. The lowest BCUT2D eigenvalue weighted by atomic mass is 10.1. The lowest BCUT2D eigenvalue weighted by molar-refractivity contribution is -0.121. The molecule has 0 saturated carbocycles. The third-order valence-corrected chi connectivity index (χ3v) is 4.52. The van der Waals surface area contributed by atoms with Crippen molar-refractivity contribution >= 4 is 17.6 Å². The largest absolute Gasteiger partial charge is 0.494 e. The summed E-state index contributed by atoms with van der Waals surface area (Å²) in [6.07, 6.45) is 1.20. The maximum absolute atomic E-state index is 12.2. The maximum atomic E-state index is 12.2. The molecule has 7 heteroatoms. The molecule has 0 fully saturated rings. The van der Waals surface area contributed by atoms with Gasteiger partial charge in [-0.2, -0.15) is 0 Å². The third-order valence-electron chi connectivity index (χ3n) is 4.52. The zero-order valence-corrected chi connectivity index (χ0v) is 16.8. The molecular formula is C22H27N3O4. The molecule has 0 aromatic heterocycles. The van der Waals surface area contributed by atoms with Crippen LogP contribution in [-0.2, 0) is 17.8 Å². The Morgan fingerprint density at radius 2 is 1.97 bits per heavy atom. The highest BCUT2D eigenvalue weighted by Gasteiger charge is 2.22. The van der Waals surface area contributed by atoms with Crippen LogP contribution in [0.3, 0.4) is 0 Å². The van der Waals surface area contributed by atoms with Crippen LogP contribution in [-0.4, -0.2) is 31.2 Å². The molecule has 154 valence electrons. The molecule has 1 aliphatic rings. The molecule has 0 saturated heterocycles. The van der Waals surface area contributed by atoms with E-state index in [1.807, 2.05) is 44.2 Å². The number of urea groups is 1. The second kappa shape index (κ2) is 9.82. The Morgan fingerprint density at radius 3 is 2.72 bits per heavy atom. The van der Waals surface area contributed by atoms with Gasteiger partial charge in [-0.25, -0.2) is 4.79 Å². The van der Waals surface area contributed by atoms with Crippen LogP contribution in [0.25, 0.3) is 0 Å². The van der Waals surface area contributed by atoms with E-state index < -0.39 is 0 Å². The molecule has 0 bridgehead atoms. The molecule has 3 amide bonds. The molecule has 1 heterocycles. The molecule has 2 aromatic carbocycles. The van der Waals surface area contributed by atoms with Crippen LogP contribution in [0.15, 0.2) is 42.5 Å². The summed E-state index contributed by atoms with van der Waals surface area (Å²) in [6, 6.07) is 12.7. The van der Waals surface area contributed by atoms with E-state index in [1.165, 1.54) is 0 Å². The SMILES string of the molecule is CCOc1cc2c(cc1CNC(=O)CCNC(=O)Nc1ccccc1)OC(C)C2. The van der Waals surface area contributed by atoms with Crippen LogP contribution >= 0.6 is 0 Å². The van der Waals surface area contributed by atoms with Crippen LogP contribution in [0.4, 0.5) is 10.5 Å². The molecular weight excluding hydrogens is 370 g/mol. The molecule has 1 atom stereocenters. The number of ether oxygens (including phenoxy) is 2. The zero-order chi connectivity index (χ0) is 20.6. The average Bonchev–Trinajstić information content (AvgIpc) is 3.06. The normalized spacial score (nSPS) is 14.5. The maximum Gasteiger partial charge on any atom is 0.319 e. The summed E-state index contributed by atoms with van der Waals surface area (Å²) < 4.78 is 11.5. The van der Waals surface area contributed by atoms with Gasteiger partial charge < -0.3 is 25.4 Å². The number of carbonyl (C=O) groups is 2. The number of fused-ring (bicyclic) bond motifs is 1. The Bertz CT molecular complexity index is 855. The van der Waals surface area contributed by atoms with Crippen molar-refractivity contribution in [2.24, 2.45) is 0 Å². The van der Waals surface area contributed by atoms with Crippen LogP contribution in [0.2, 0.25) is 0 Å². The summed E-state index contributed by atoms with van der Waals surface area (Å²) in [5.74, 6) is 1.47. The standard InChI is InChI=1S/C22H27N3O4/c1-3-28-19-12-16-11-15(2)29-20(16)13-17(19)14-24-21(26)9-10-23-22(27)25-18-7-5-4-6-8-18/h4-8,12-13,15H,3,9-11,14H2,1-2H3,(H,24,26)(H2,23,25,27). The Kier molecular flexibility index (Phi) is 6.94. The van der Waals surface area contributed by atoms with Gasteiger partial charge in [0, 0.05) is 42.7 Å². The van der Waals surface area contributed by atoms with Gasteiger partial charge in [-0.15, -0.1) is 0 Å². The van der Waals surface area contributed by atoms with Gasteiger partial charge >= 0.3 is 6.03 Å². The first-order chi connectivity index (χ1) is 14.0. The first-order valence-electron chi connectivity index (χ1n) is 9.87. The molecule has 1 aliphatic heterocycles. The molecule has 7 nitrogen and oxygen atoms in total. The van der Waals surface area contributed by atoms with Gasteiger partial charge in [-0.1, -0.05) is 18.2 Å². The summed E-state index contributed by atoms with van der Waals surface area (Å²) in [6.45, 7) is 5.10. The lowest BCUT2D eigenvalue weighted by Gasteiger charge is -2.13. The number of carbonyl (C=O) groups excluding carboxylic acids is 2. The predicted octanol–water partition coefficient (Wildman–Crippen LogP) is 3.24. The van der Waals surface area contributed by atoms with Gasteiger partial charge in [0.15, 0.2) is 0 Å². The summed E-state index contributed by atoms with van der Waals surface area (Å²) in [4.78, 5) is 24.0. The highest BCUT2D eigenvalue weighted by atomic mass is 16.5. The molecule has 0 radical (unpaired) electrons. The quantitative estimate of drug-likeness (QED) is 0.638. The highest BCUT2D eigenvalue weighted by molar-refractivity contribution is 5.89. The van der Waals surface area contributed by atoms with E-state index in [-0.39, 0.29) is 31.0 Å². The second-order valence-corrected chi connectivity index (χ2v) is 6.91. The Labute approximate surface area is 170 Å². The van der Waals surface area contributed by atoms with Gasteiger partial charge in [0.1, 0.15) is 17.6 Å². The van der Waals surface area contributed by atoms with E-state index in [0.29, 0.717) is 18.8 Å². The fourth-order valence-electron chi connectivity index (χ4n) is 3.18. The lowest BCUT2D eigenvalue weighted by Crippen LogP contribution is -2.33. The number of nitrogens with one attached hydrogen (secondary N) is 3. The molecule has 0 spiro atoms. The number of amides is 3. The van der Waals surface area contributed by atoms with Crippen molar-refractivity contribution < 1.29 is 19.1 Å². The van der Waals surface area contributed by atoms with Gasteiger partial charge in [0.05, 0.1) is 6.61 Å².